The minimum absolute atomic E-state index is 0.0553. The number of nitrogens with two attached hydrogens (primary N) is 1. The number of rotatable bonds is 3. The highest BCUT2D eigenvalue weighted by atomic mass is 15.3. The van der Waals surface area contributed by atoms with Crippen molar-refractivity contribution in [1.29, 1.82) is 0 Å². The molecule has 0 aromatic carbocycles. The largest absolute Gasteiger partial charge is 0.393 e. The third kappa shape index (κ3) is 3.76. The average molecular weight is 343 g/mol. The van der Waals surface area contributed by atoms with E-state index in [1.165, 1.54) is 0 Å². The second kappa shape index (κ2) is 5.98. The van der Waals surface area contributed by atoms with Crippen LogP contribution in [0.4, 0.5) is 11.5 Å². The molecule has 4 N–H and O–H groups in total. The van der Waals surface area contributed by atoms with Gasteiger partial charge in [0.25, 0.3) is 0 Å². The van der Waals surface area contributed by atoms with Crippen molar-refractivity contribution in [1.82, 2.24) is 25.1 Å². The fraction of sp³-hybridized carbons (Fsp3) is 0.611. The van der Waals surface area contributed by atoms with Gasteiger partial charge in [-0.05, 0) is 60.5 Å². The number of aromatic nitrogens is 4. The average Bonchev–Trinajstić information content (AvgIpc) is 2.76. The zero-order valence-electron chi connectivity index (χ0n) is 16.0. The van der Waals surface area contributed by atoms with E-state index < -0.39 is 0 Å². The summed E-state index contributed by atoms with van der Waals surface area (Å²) in [4.78, 5) is 8.73. The Kier molecular flexibility index (Phi) is 4.23. The molecule has 0 radical (unpaired) electrons. The first-order chi connectivity index (χ1) is 11.6. The minimum Gasteiger partial charge on any atom is -0.393 e. The standard InChI is InChI=1S/C18H29N7/c1-11-7-12(2)25(23-11)16-14(19)15(20-10-21-16)22-13-8-17(3,4)24-18(5,6)9-13/h7,10,13,24H,8-9,19H2,1-6H3,(H,20,21,22). The molecule has 0 amide bonds. The summed E-state index contributed by atoms with van der Waals surface area (Å²) in [7, 11) is 0. The van der Waals surface area contributed by atoms with Gasteiger partial charge in [-0.25, -0.2) is 14.6 Å². The Bertz CT molecular complexity index is 760. The van der Waals surface area contributed by atoms with Gasteiger partial charge >= 0.3 is 0 Å². The van der Waals surface area contributed by atoms with Gasteiger partial charge in [-0.2, -0.15) is 5.10 Å². The molecule has 25 heavy (non-hydrogen) atoms. The molecule has 0 spiro atoms. The number of piperidine rings is 1. The lowest BCUT2D eigenvalue weighted by molar-refractivity contribution is 0.170. The second-order valence-corrected chi connectivity index (χ2v) is 8.44. The first-order valence-corrected chi connectivity index (χ1v) is 8.76. The molecule has 136 valence electrons. The van der Waals surface area contributed by atoms with Crippen molar-refractivity contribution in [3.05, 3.63) is 23.8 Å². The normalized spacial score (nSPS) is 19.8. The molecule has 1 aliphatic heterocycles. The molecule has 2 aromatic rings. The van der Waals surface area contributed by atoms with E-state index in [9.17, 15) is 0 Å². The van der Waals surface area contributed by atoms with Gasteiger partial charge in [0.15, 0.2) is 11.6 Å². The molecule has 0 atom stereocenters. The van der Waals surface area contributed by atoms with Crippen LogP contribution in [0.3, 0.4) is 0 Å². The number of nitrogen functional groups attached to an aromatic ring is 1. The molecular weight excluding hydrogens is 314 g/mol. The lowest BCUT2D eigenvalue weighted by Crippen LogP contribution is -2.60. The van der Waals surface area contributed by atoms with Crippen molar-refractivity contribution in [3.63, 3.8) is 0 Å². The summed E-state index contributed by atoms with van der Waals surface area (Å²) in [6, 6.07) is 2.30. The lowest BCUT2D eigenvalue weighted by atomic mass is 9.79. The maximum Gasteiger partial charge on any atom is 0.182 e. The summed E-state index contributed by atoms with van der Waals surface area (Å²) in [5.41, 5.74) is 8.96. The van der Waals surface area contributed by atoms with Crippen molar-refractivity contribution in [2.45, 2.75) is 71.5 Å². The van der Waals surface area contributed by atoms with Crippen LogP contribution in [0.25, 0.3) is 5.82 Å². The van der Waals surface area contributed by atoms with E-state index in [1.54, 1.807) is 11.0 Å². The number of nitrogens with zero attached hydrogens (tertiary/aromatic N) is 4. The van der Waals surface area contributed by atoms with Gasteiger partial charge in [-0.3, -0.25) is 0 Å². The Balaban J connectivity index is 1.89. The SMILES string of the molecule is Cc1cc(C)n(-c2ncnc(NC3CC(C)(C)NC(C)(C)C3)c2N)n1. The highest BCUT2D eigenvalue weighted by Crippen LogP contribution is 2.32. The van der Waals surface area contributed by atoms with E-state index in [0.29, 0.717) is 17.3 Å². The smallest absolute Gasteiger partial charge is 0.182 e. The van der Waals surface area contributed by atoms with Gasteiger partial charge in [-0.15, -0.1) is 0 Å². The fourth-order valence-corrected chi connectivity index (χ4v) is 4.13. The van der Waals surface area contributed by atoms with Gasteiger partial charge in [0.1, 0.15) is 12.0 Å². The summed E-state index contributed by atoms with van der Waals surface area (Å²) in [6.45, 7) is 12.9. The van der Waals surface area contributed by atoms with E-state index in [1.807, 2.05) is 19.9 Å². The zero-order chi connectivity index (χ0) is 18.4. The van der Waals surface area contributed by atoms with Crippen LogP contribution in [0, 0.1) is 13.8 Å². The third-order valence-electron chi connectivity index (χ3n) is 4.60. The molecular formula is C18H29N7. The quantitative estimate of drug-likeness (QED) is 0.793. The maximum absolute atomic E-state index is 6.38. The van der Waals surface area contributed by atoms with E-state index in [0.717, 1.165) is 24.2 Å². The Morgan fingerprint density at radius 3 is 2.36 bits per heavy atom. The van der Waals surface area contributed by atoms with Crippen LogP contribution in [-0.4, -0.2) is 36.9 Å². The highest BCUT2D eigenvalue weighted by molar-refractivity contribution is 5.69. The number of nitrogens with one attached hydrogen (secondary N) is 2. The van der Waals surface area contributed by atoms with Crippen LogP contribution in [-0.2, 0) is 0 Å². The summed E-state index contributed by atoms with van der Waals surface area (Å²) < 4.78 is 1.77. The molecule has 2 aromatic heterocycles. The van der Waals surface area contributed by atoms with Gasteiger partial charge in [-0.1, -0.05) is 0 Å². The number of hydrogen-bond donors (Lipinski definition) is 3. The molecule has 1 fully saturated rings. The molecule has 1 aliphatic rings. The Hall–Kier alpha value is -2.15. The summed E-state index contributed by atoms with van der Waals surface area (Å²) in [6.07, 6.45) is 3.53. The lowest BCUT2D eigenvalue weighted by Gasteiger charge is -2.46. The van der Waals surface area contributed by atoms with E-state index >= 15 is 0 Å². The van der Waals surface area contributed by atoms with E-state index in [-0.39, 0.29) is 17.1 Å². The number of anilines is 2. The van der Waals surface area contributed by atoms with Crippen LogP contribution in [0.5, 0.6) is 0 Å². The van der Waals surface area contributed by atoms with Gasteiger partial charge in [0.05, 0.1) is 5.69 Å². The number of aryl methyl sites for hydroxylation is 2. The molecule has 0 unspecified atom stereocenters. The maximum atomic E-state index is 6.38. The Morgan fingerprint density at radius 2 is 1.80 bits per heavy atom. The molecule has 7 nitrogen and oxygen atoms in total. The van der Waals surface area contributed by atoms with Gasteiger partial charge < -0.3 is 16.4 Å². The molecule has 3 rings (SSSR count). The zero-order valence-corrected chi connectivity index (χ0v) is 16.0. The van der Waals surface area contributed by atoms with Gasteiger partial charge in [0.2, 0.25) is 0 Å². The van der Waals surface area contributed by atoms with Crippen molar-refractivity contribution < 1.29 is 0 Å². The second-order valence-electron chi connectivity index (χ2n) is 8.44. The first kappa shape index (κ1) is 17.7. The van der Waals surface area contributed by atoms with Crippen LogP contribution >= 0.6 is 0 Å². The van der Waals surface area contributed by atoms with Crippen molar-refractivity contribution in [2.24, 2.45) is 0 Å². The van der Waals surface area contributed by atoms with Crippen molar-refractivity contribution in [3.8, 4) is 5.82 Å². The van der Waals surface area contributed by atoms with E-state index in [4.69, 9.17) is 5.73 Å². The minimum atomic E-state index is 0.0553. The van der Waals surface area contributed by atoms with Crippen LogP contribution < -0.4 is 16.4 Å². The Morgan fingerprint density at radius 1 is 1.16 bits per heavy atom. The highest BCUT2D eigenvalue weighted by Gasteiger charge is 2.38. The Labute approximate surface area is 149 Å². The molecule has 0 saturated carbocycles. The van der Waals surface area contributed by atoms with Gasteiger partial charge in [0, 0.05) is 22.8 Å². The fourth-order valence-electron chi connectivity index (χ4n) is 4.13. The van der Waals surface area contributed by atoms with Crippen molar-refractivity contribution in [2.75, 3.05) is 11.1 Å². The van der Waals surface area contributed by atoms with Crippen molar-refractivity contribution >= 4 is 11.5 Å². The summed E-state index contributed by atoms with van der Waals surface area (Å²) >= 11 is 0. The van der Waals surface area contributed by atoms with Crippen LogP contribution in [0.15, 0.2) is 12.4 Å². The predicted molar refractivity (Wildman–Crippen MR) is 101 cm³/mol. The monoisotopic (exact) mass is 343 g/mol. The van der Waals surface area contributed by atoms with Crippen LogP contribution in [0.1, 0.15) is 51.9 Å². The first-order valence-electron chi connectivity index (χ1n) is 8.76. The predicted octanol–water partition coefficient (Wildman–Crippen LogP) is 2.58. The molecule has 7 heteroatoms. The third-order valence-corrected chi connectivity index (χ3v) is 4.60. The van der Waals surface area contributed by atoms with Crippen LogP contribution in [0.2, 0.25) is 0 Å². The summed E-state index contributed by atoms with van der Waals surface area (Å²) in [5.74, 6) is 1.30. The molecule has 3 heterocycles. The molecule has 1 saturated heterocycles. The van der Waals surface area contributed by atoms with E-state index in [2.05, 4.69) is 53.4 Å². The molecule has 0 bridgehead atoms. The topological polar surface area (TPSA) is 93.7 Å². The number of hydrogen-bond acceptors (Lipinski definition) is 6. The summed E-state index contributed by atoms with van der Waals surface area (Å²) in [5, 5.41) is 11.7. The molecule has 0 aliphatic carbocycles.